The highest BCUT2D eigenvalue weighted by Gasteiger charge is 2.17. The zero-order valence-corrected chi connectivity index (χ0v) is 13.1. The summed E-state index contributed by atoms with van der Waals surface area (Å²) in [6, 6.07) is 8.13. The minimum Gasteiger partial charge on any atom is -0.384 e. The van der Waals surface area contributed by atoms with Crippen molar-refractivity contribution in [3.8, 4) is 0 Å². The molecular formula is C12H13BrN4O2S. The predicted molar refractivity (Wildman–Crippen MR) is 79.3 cm³/mol. The summed E-state index contributed by atoms with van der Waals surface area (Å²) in [5.74, 6) is 0.813. The highest BCUT2D eigenvalue weighted by atomic mass is 79.9. The summed E-state index contributed by atoms with van der Waals surface area (Å²) < 4.78 is 27.3. The molecule has 0 spiro atoms. The fourth-order valence-electron chi connectivity index (χ4n) is 1.65. The van der Waals surface area contributed by atoms with Crippen LogP contribution in [0.25, 0.3) is 0 Å². The molecule has 20 heavy (non-hydrogen) atoms. The Bertz CT molecular complexity index is 714. The Morgan fingerprint density at radius 2 is 2.00 bits per heavy atom. The standard InChI is InChI=1S/C12H13BrN4O2S/c1-8-16-9(6-12(14)17-8)7-15-20(18,19)11-5-3-2-4-10(11)13/h2-6,15H,7H2,1H3,(H2,14,16,17). The number of hydrogen-bond acceptors (Lipinski definition) is 5. The number of nitrogens with two attached hydrogens (primary N) is 1. The number of anilines is 1. The first-order valence-electron chi connectivity index (χ1n) is 5.73. The van der Waals surface area contributed by atoms with E-state index in [1.807, 2.05) is 0 Å². The molecule has 0 amide bonds. The molecule has 0 fully saturated rings. The van der Waals surface area contributed by atoms with Crippen LogP contribution in [0.4, 0.5) is 5.82 Å². The maximum atomic E-state index is 12.2. The number of aromatic nitrogens is 2. The lowest BCUT2D eigenvalue weighted by molar-refractivity contribution is 0.579. The molecule has 2 aromatic rings. The number of nitrogen functional groups attached to an aromatic ring is 1. The van der Waals surface area contributed by atoms with Gasteiger partial charge in [-0.25, -0.2) is 23.1 Å². The summed E-state index contributed by atoms with van der Waals surface area (Å²) in [4.78, 5) is 8.24. The number of sulfonamides is 1. The molecule has 1 aromatic heterocycles. The van der Waals surface area contributed by atoms with Gasteiger partial charge in [0.1, 0.15) is 11.6 Å². The molecule has 0 atom stereocenters. The first-order chi connectivity index (χ1) is 9.38. The molecule has 0 bridgehead atoms. The van der Waals surface area contributed by atoms with E-state index in [9.17, 15) is 8.42 Å². The van der Waals surface area contributed by atoms with Crippen LogP contribution in [0.5, 0.6) is 0 Å². The Balaban J connectivity index is 2.20. The minimum absolute atomic E-state index is 0.0528. The topological polar surface area (TPSA) is 98.0 Å². The van der Waals surface area contributed by atoms with Gasteiger partial charge in [-0.3, -0.25) is 0 Å². The molecule has 2 rings (SSSR count). The molecule has 0 aliphatic heterocycles. The van der Waals surface area contributed by atoms with Crippen LogP contribution in [0.1, 0.15) is 11.5 Å². The predicted octanol–water partition coefficient (Wildman–Crippen LogP) is 1.61. The summed E-state index contributed by atoms with van der Waals surface area (Å²) in [6.45, 7) is 1.75. The fraction of sp³-hybridized carbons (Fsp3) is 0.167. The van der Waals surface area contributed by atoms with E-state index >= 15 is 0 Å². The summed E-state index contributed by atoms with van der Waals surface area (Å²) in [6.07, 6.45) is 0. The lowest BCUT2D eigenvalue weighted by Gasteiger charge is -2.08. The smallest absolute Gasteiger partial charge is 0.242 e. The number of nitrogens with one attached hydrogen (secondary N) is 1. The average molecular weight is 357 g/mol. The number of halogens is 1. The van der Waals surface area contributed by atoms with Crippen LogP contribution in [0.2, 0.25) is 0 Å². The molecule has 0 radical (unpaired) electrons. The van der Waals surface area contributed by atoms with Gasteiger partial charge in [-0.1, -0.05) is 12.1 Å². The molecule has 0 aliphatic carbocycles. The highest BCUT2D eigenvalue weighted by molar-refractivity contribution is 9.10. The summed E-state index contributed by atoms with van der Waals surface area (Å²) in [5.41, 5.74) is 6.12. The molecule has 1 heterocycles. The van der Waals surface area contributed by atoms with Gasteiger partial charge in [0.25, 0.3) is 0 Å². The Hall–Kier alpha value is -1.51. The van der Waals surface area contributed by atoms with Crippen molar-refractivity contribution in [3.63, 3.8) is 0 Å². The van der Waals surface area contributed by atoms with E-state index < -0.39 is 10.0 Å². The third kappa shape index (κ3) is 3.53. The lowest BCUT2D eigenvalue weighted by atomic mass is 10.4. The van der Waals surface area contributed by atoms with Crippen molar-refractivity contribution in [1.82, 2.24) is 14.7 Å². The summed E-state index contributed by atoms with van der Waals surface area (Å²) >= 11 is 3.22. The van der Waals surface area contributed by atoms with Crippen LogP contribution in [-0.2, 0) is 16.6 Å². The second kappa shape index (κ2) is 5.86. The van der Waals surface area contributed by atoms with Crippen molar-refractivity contribution in [2.75, 3.05) is 5.73 Å². The maximum absolute atomic E-state index is 12.2. The molecular weight excluding hydrogens is 344 g/mol. The molecule has 8 heteroatoms. The van der Waals surface area contributed by atoms with Crippen molar-refractivity contribution in [2.24, 2.45) is 0 Å². The molecule has 1 aromatic carbocycles. The summed E-state index contributed by atoms with van der Waals surface area (Å²) in [5, 5.41) is 0. The Kier molecular flexibility index (Phi) is 4.36. The number of benzene rings is 1. The molecule has 6 nitrogen and oxygen atoms in total. The third-order valence-electron chi connectivity index (χ3n) is 2.48. The number of aryl methyl sites for hydroxylation is 1. The van der Waals surface area contributed by atoms with Gasteiger partial charge in [-0.2, -0.15) is 0 Å². The Morgan fingerprint density at radius 3 is 2.65 bits per heavy atom. The lowest BCUT2D eigenvalue weighted by Crippen LogP contribution is -2.24. The monoisotopic (exact) mass is 356 g/mol. The van der Waals surface area contributed by atoms with Gasteiger partial charge in [-0.05, 0) is 35.0 Å². The first-order valence-corrected chi connectivity index (χ1v) is 8.00. The van der Waals surface area contributed by atoms with E-state index in [-0.39, 0.29) is 11.4 Å². The van der Waals surface area contributed by atoms with E-state index in [1.54, 1.807) is 25.1 Å². The minimum atomic E-state index is -3.61. The number of hydrogen-bond donors (Lipinski definition) is 2. The average Bonchev–Trinajstić information content (AvgIpc) is 2.36. The number of rotatable bonds is 4. The Labute approximate surface area is 125 Å². The number of nitrogens with zero attached hydrogens (tertiary/aromatic N) is 2. The zero-order chi connectivity index (χ0) is 14.8. The quantitative estimate of drug-likeness (QED) is 0.866. The molecule has 0 saturated heterocycles. The van der Waals surface area contributed by atoms with Crippen LogP contribution in [0, 0.1) is 6.92 Å². The van der Waals surface area contributed by atoms with Crippen molar-refractivity contribution in [1.29, 1.82) is 0 Å². The molecule has 0 unspecified atom stereocenters. The normalized spacial score (nSPS) is 11.5. The van der Waals surface area contributed by atoms with Gasteiger partial charge < -0.3 is 5.73 Å². The molecule has 3 N–H and O–H groups in total. The van der Waals surface area contributed by atoms with Gasteiger partial charge in [-0.15, -0.1) is 0 Å². The van der Waals surface area contributed by atoms with Gasteiger partial charge in [0.2, 0.25) is 10.0 Å². The molecule has 0 aliphatic rings. The van der Waals surface area contributed by atoms with Crippen LogP contribution in [-0.4, -0.2) is 18.4 Å². The van der Waals surface area contributed by atoms with Gasteiger partial charge >= 0.3 is 0 Å². The molecule has 0 saturated carbocycles. The summed E-state index contributed by atoms with van der Waals surface area (Å²) in [7, 11) is -3.61. The van der Waals surface area contributed by atoms with E-state index in [0.717, 1.165) is 0 Å². The van der Waals surface area contributed by atoms with Gasteiger partial charge in [0.15, 0.2) is 0 Å². The zero-order valence-electron chi connectivity index (χ0n) is 10.7. The van der Waals surface area contributed by atoms with Gasteiger partial charge in [0, 0.05) is 10.5 Å². The second-order valence-electron chi connectivity index (χ2n) is 4.09. The highest BCUT2D eigenvalue weighted by Crippen LogP contribution is 2.21. The van der Waals surface area contributed by atoms with Crippen molar-refractivity contribution < 1.29 is 8.42 Å². The van der Waals surface area contributed by atoms with Crippen LogP contribution in [0.15, 0.2) is 39.7 Å². The SMILES string of the molecule is Cc1nc(N)cc(CNS(=O)(=O)c2ccccc2Br)n1. The van der Waals surface area contributed by atoms with Gasteiger partial charge in [0.05, 0.1) is 17.1 Å². The van der Waals surface area contributed by atoms with Crippen molar-refractivity contribution >= 4 is 31.8 Å². The van der Waals surface area contributed by atoms with Crippen LogP contribution >= 0.6 is 15.9 Å². The largest absolute Gasteiger partial charge is 0.384 e. The van der Waals surface area contributed by atoms with E-state index in [0.29, 0.717) is 21.8 Å². The van der Waals surface area contributed by atoms with E-state index in [1.165, 1.54) is 12.1 Å². The first kappa shape index (κ1) is 14.9. The Morgan fingerprint density at radius 1 is 1.30 bits per heavy atom. The van der Waals surface area contributed by atoms with E-state index in [2.05, 4.69) is 30.6 Å². The van der Waals surface area contributed by atoms with Crippen LogP contribution < -0.4 is 10.5 Å². The van der Waals surface area contributed by atoms with Crippen LogP contribution in [0.3, 0.4) is 0 Å². The fourth-order valence-corrected chi connectivity index (χ4v) is 3.65. The maximum Gasteiger partial charge on any atom is 0.242 e. The molecule has 106 valence electrons. The second-order valence-corrected chi connectivity index (χ2v) is 6.68. The van der Waals surface area contributed by atoms with Crippen molar-refractivity contribution in [2.45, 2.75) is 18.4 Å². The third-order valence-corrected chi connectivity index (χ3v) is 4.89. The van der Waals surface area contributed by atoms with Crippen molar-refractivity contribution in [3.05, 3.63) is 46.3 Å². The van der Waals surface area contributed by atoms with E-state index in [4.69, 9.17) is 5.73 Å².